The van der Waals surface area contributed by atoms with E-state index in [-0.39, 0.29) is 6.10 Å². The Morgan fingerprint density at radius 2 is 2.12 bits per heavy atom. The molecule has 1 atom stereocenters. The largest absolute Gasteiger partial charge is 0.474 e. The normalized spacial score (nSPS) is 12.8. The average molecular weight is 236 g/mol. The van der Waals surface area contributed by atoms with Gasteiger partial charge < -0.3 is 10.1 Å². The predicted octanol–water partition coefficient (Wildman–Crippen LogP) is 3.00. The van der Waals surface area contributed by atoms with E-state index in [4.69, 9.17) is 4.74 Å². The van der Waals surface area contributed by atoms with Crippen molar-refractivity contribution in [2.75, 3.05) is 6.54 Å². The van der Waals surface area contributed by atoms with Gasteiger partial charge in [-0.05, 0) is 37.4 Å². The van der Waals surface area contributed by atoms with Crippen molar-refractivity contribution in [2.24, 2.45) is 5.92 Å². The second kappa shape index (κ2) is 7.28. The summed E-state index contributed by atoms with van der Waals surface area (Å²) in [6.45, 7) is 10.5. The summed E-state index contributed by atoms with van der Waals surface area (Å²) in [5.41, 5.74) is 1.22. The van der Waals surface area contributed by atoms with Crippen molar-refractivity contribution in [1.82, 2.24) is 10.3 Å². The Morgan fingerprint density at radius 3 is 2.76 bits per heavy atom. The molecule has 0 spiro atoms. The van der Waals surface area contributed by atoms with Gasteiger partial charge in [0.1, 0.15) is 0 Å². The monoisotopic (exact) mass is 236 g/mol. The van der Waals surface area contributed by atoms with Crippen LogP contribution in [-0.4, -0.2) is 17.6 Å². The molecule has 1 N–H and O–H groups in total. The Labute approximate surface area is 105 Å². The summed E-state index contributed by atoms with van der Waals surface area (Å²) in [5.74, 6) is 1.22. The topological polar surface area (TPSA) is 34.2 Å². The maximum atomic E-state index is 5.78. The summed E-state index contributed by atoms with van der Waals surface area (Å²) in [4.78, 5) is 4.24. The lowest BCUT2D eigenvalue weighted by Gasteiger charge is -2.17. The Kier molecular flexibility index (Phi) is 5.98. The minimum absolute atomic E-state index is 0.196. The molecule has 17 heavy (non-hydrogen) atoms. The highest BCUT2D eigenvalue weighted by atomic mass is 16.5. The Bertz CT molecular complexity index is 326. The number of nitrogens with zero attached hydrogens (tertiary/aromatic N) is 1. The van der Waals surface area contributed by atoms with Crippen molar-refractivity contribution in [3.8, 4) is 5.88 Å². The van der Waals surface area contributed by atoms with Crippen molar-refractivity contribution in [3.05, 3.63) is 23.9 Å². The molecule has 1 aromatic heterocycles. The average Bonchev–Trinajstić information content (AvgIpc) is 2.30. The molecule has 0 saturated carbocycles. The predicted molar refractivity (Wildman–Crippen MR) is 71.2 cm³/mol. The first-order valence-electron chi connectivity index (χ1n) is 6.45. The van der Waals surface area contributed by atoms with Crippen LogP contribution in [0.4, 0.5) is 0 Å². The van der Waals surface area contributed by atoms with Crippen molar-refractivity contribution >= 4 is 0 Å². The third-order valence-electron chi connectivity index (χ3n) is 2.80. The van der Waals surface area contributed by atoms with Crippen LogP contribution in [0.2, 0.25) is 0 Å². The van der Waals surface area contributed by atoms with Crippen LogP contribution in [0.5, 0.6) is 5.88 Å². The zero-order valence-corrected chi connectivity index (χ0v) is 11.4. The number of pyridine rings is 1. The molecule has 0 radical (unpaired) electrons. The maximum Gasteiger partial charge on any atom is 0.213 e. The van der Waals surface area contributed by atoms with Gasteiger partial charge in [0.2, 0.25) is 5.88 Å². The summed E-state index contributed by atoms with van der Waals surface area (Å²) in [6.07, 6.45) is 3.16. The molecule has 0 bridgehead atoms. The second-order valence-corrected chi connectivity index (χ2v) is 4.75. The molecule has 0 aliphatic carbocycles. The minimum atomic E-state index is 0.196. The Hall–Kier alpha value is -1.09. The molecule has 0 aliphatic rings. The highest BCUT2D eigenvalue weighted by molar-refractivity contribution is 5.20. The van der Waals surface area contributed by atoms with Gasteiger partial charge in [-0.1, -0.05) is 20.8 Å². The van der Waals surface area contributed by atoms with Crippen molar-refractivity contribution in [2.45, 2.75) is 46.8 Å². The molecule has 1 heterocycles. The van der Waals surface area contributed by atoms with Gasteiger partial charge in [-0.2, -0.15) is 0 Å². The fraction of sp³-hybridized carbons (Fsp3) is 0.643. The highest BCUT2D eigenvalue weighted by Crippen LogP contribution is 2.14. The molecule has 0 aliphatic heterocycles. The fourth-order valence-corrected chi connectivity index (χ4v) is 1.36. The van der Waals surface area contributed by atoms with E-state index in [0.717, 1.165) is 25.4 Å². The summed E-state index contributed by atoms with van der Waals surface area (Å²) >= 11 is 0. The number of ether oxygens (including phenoxy) is 1. The smallest absolute Gasteiger partial charge is 0.213 e. The van der Waals surface area contributed by atoms with Gasteiger partial charge in [-0.25, -0.2) is 4.98 Å². The molecule has 0 saturated heterocycles. The number of rotatable bonds is 7. The van der Waals surface area contributed by atoms with E-state index >= 15 is 0 Å². The fourth-order valence-electron chi connectivity index (χ4n) is 1.36. The van der Waals surface area contributed by atoms with Gasteiger partial charge in [-0.3, -0.25) is 0 Å². The lowest BCUT2D eigenvalue weighted by Crippen LogP contribution is -2.19. The number of hydrogen-bond donors (Lipinski definition) is 1. The molecule has 1 aromatic rings. The zero-order chi connectivity index (χ0) is 12.7. The first-order valence-corrected chi connectivity index (χ1v) is 6.45. The van der Waals surface area contributed by atoms with Crippen molar-refractivity contribution in [1.29, 1.82) is 0 Å². The Morgan fingerprint density at radius 1 is 1.35 bits per heavy atom. The molecule has 3 heteroatoms. The van der Waals surface area contributed by atoms with E-state index in [1.54, 1.807) is 0 Å². The van der Waals surface area contributed by atoms with E-state index < -0.39 is 0 Å². The van der Waals surface area contributed by atoms with Crippen molar-refractivity contribution in [3.63, 3.8) is 0 Å². The van der Waals surface area contributed by atoms with E-state index in [0.29, 0.717) is 5.92 Å². The highest BCUT2D eigenvalue weighted by Gasteiger charge is 2.09. The summed E-state index contributed by atoms with van der Waals surface area (Å²) in [7, 11) is 0. The molecular weight excluding hydrogens is 212 g/mol. The van der Waals surface area contributed by atoms with Gasteiger partial charge in [0, 0.05) is 18.8 Å². The number of hydrogen-bond acceptors (Lipinski definition) is 3. The molecule has 1 unspecified atom stereocenters. The maximum absolute atomic E-state index is 5.78. The third kappa shape index (κ3) is 5.18. The SMILES string of the molecule is CCCNCc1ccnc(OC(C)C(C)C)c1. The quantitative estimate of drug-likeness (QED) is 0.739. The van der Waals surface area contributed by atoms with Crippen LogP contribution in [0.25, 0.3) is 0 Å². The van der Waals surface area contributed by atoms with Crippen molar-refractivity contribution < 1.29 is 4.74 Å². The molecule has 0 amide bonds. The molecule has 0 fully saturated rings. The first-order chi connectivity index (χ1) is 8.13. The van der Waals surface area contributed by atoms with Gasteiger partial charge in [0.05, 0.1) is 6.10 Å². The van der Waals surface area contributed by atoms with Crippen LogP contribution in [0.15, 0.2) is 18.3 Å². The third-order valence-corrected chi connectivity index (χ3v) is 2.80. The van der Waals surface area contributed by atoms with Crippen LogP contribution in [0.3, 0.4) is 0 Å². The standard InChI is InChI=1S/C14H24N2O/c1-5-7-15-10-13-6-8-16-14(9-13)17-12(4)11(2)3/h6,8-9,11-12,15H,5,7,10H2,1-4H3. The van der Waals surface area contributed by atoms with Crippen LogP contribution in [0.1, 0.15) is 39.7 Å². The molecule has 96 valence electrons. The molecule has 0 aromatic carbocycles. The number of nitrogens with one attached hydrogen (secondary N) is 1. The van der Waals surface area contributed by atoms with E-state index in [1.165, 1.54) is 5.56 Å². The number of aromatic nitrogens is 1. The minimum Gasteiger partial charge on any atom is -0.474 e. The zero-order valence-electron chi connectivity index (χ0n) is 11.4. The summed E-state index contributed by atoms with van der Waals surface area (Å²) in [6, 6.07) is 4.04. The van der Waals surface area contributed by atoms with Gasteiger partial charge in [0.25, 0.3) is 0 Å². The van der Waals surface area contributed by atoms with E-state index in [2.05, 4.69) is 38.0 Å². The van der Waals surface area contributed by atoms with Crippen LogP contribution < -0.4 is 10.1 Å². The molecular formula is C14H24N2O. The second-order valence-electron chi connectivity index (χ2n) is 4.75. The van der Waals surface area contributed by atoms with Crippen LogP contribution in [0, 0.1) is 5.92 Å². The molecule has 1 rings (SSSR count). The van der Waals surface area contributed by atoms with Crippen LogP contribution >= 0.6 is 0 Å². The van der Waals surface area contributed by atoms with Gasteiger partial charge in [-0.15, -0.1) is 0 Å². The lowest BCUT2D eigenvalue weighted by molar-refractivity contribution is 0.163. The van der Waals surface area contributed by atoms with E-state index in [9.17, 15) is 0 Å². The van der Waals surface area contributed by atoms with E-state index in [1.807, 2.05) is 18.3 Å². The summed E-state index contributed by atoms with van der Waals surface area (Å²) in [5, 5.41) is 3.37. The first kappa shape index (κ1) is 14.0. The van der Waals surface area contributed by atoms with Crippen LogP contribution in [-0.2, 0) is 6.54 Å². The van der Waals surface area contributed by atoms with Gasteiger partial charge in [0.15, 0.2) is 0 Å². The Balaban J connectivity index is 2.53. The summed E-state index contributed by atoms with van der Waals surface area (Å²) < 4.78 is 5.78. The lowest BCUT2D eigenvalue weighted by atomic mass is 10.1. The molecule has 3 nitrogen and oxygen atoms in total. The van der Waals surface area contributed by atoms with Gasteiger partial charge >= 0.3 is 0 Å².